The van der Waals surface area contributed by atoms with E-state index in [0.29, 0.717) is 0 Å². The number of rotatable bonds is 2. The first-order chi connectivity index (χ1) is 5.33. The summed E-state index contributed by atoms with van der Waals surface area (Å²) >= 11 is 0. The molecular weight excluding hydrogens is 136 g/mol. The standard InChI is InChI=1S/C10H12O/c1-9-4-2-5-10(8-9)6-3-7-11/h2-6,8,11H,7H2,1H3/b6-3-. The van der Waals surface area contributed by atoms with Crippen molar-refractivity contribution in [3.05, 3.63) is 41.5 Å². The Balaban J connectivity index is 2.79. The lowest BCUT2D eigenvalue weighted by Crippen LogP contribution is -1.75. The average molecular weight is 148 g/mol. The Morgan fingerprint density at radius 3 is 2.91 bits per heavy atom. The number of aliphatic hydroxyl groups is 1. The molecule has 1 nitrogen and oxygen atoms in total. The molecule has 0 saturated heterocycles. The molecule has 0 fully saturated rings. The van der Waals surface area contributed by atoms with E-state index in [1.54, 1.807) is 6.08 Å². The van der Waals surface area contributed by atoms with Crippen LogP contribution < -0.4 is 0 Å². The lowest BCUT2D eigenvalue weighted by molar-refractivity contribution is 0.343. The number of aryl methyl sites for hydroxylation is 1. The minimum absolute atomic E-state index is 0.105. The highest BCUT2D eigenvalue weighted by Crippen LogP contribution is 2.04. The van der Waals surface area contributed by atoms with Gasteiger partial charge in [-0.3, -0.25) is 0 Å². The molecule has 11 heavy (non-hydrogen) atoms. The molecule has 1 heteroatoms. The largest absolute Gasteiger partial charge is 0.392 e. The first-order valence-corrected chi connectivity index (χ1v) is 3.67. The molecule has 0 aliphatic carbocycles. The molecule has 0 aromatic heterocycles. The molecule has 0 amide bonds. The monoisotopic (exact) mass is 148 g/mol. The van der Waals surface area contributed by atoms with E-state index >= 15 is 0 Å². The minimum atomic E-state index is 0.105. The normalized spacial score (nSPS) is 10.7. The van der Waals surface area contributed by atoms with E-state index in [1.165, 1.54) is 5.56 Å². The van der Waals surface area contributed by atoms with Crippen LogP contribution in [0.4, 0.5) is 0 Å². The maximum atomic E-state index is 8.51. The highest BCUT2D eigenvalue weighted by atomic mass is 16.2. The Hall–Kier alpha value is -1.08. The van der Waals surface area contributed by atoms with Gasteiger partial charge in [0.1, 0.15) is 0 Å². The Morgan fingerprint density at radius 1 is 1.45 bits per heavy atom. The van der Waals surface area contributed by atoms with Crippen molar-refractivity contribution < 1.29 is 5.11 Å². The smallest absolute Gasteiger partial charge is 0.0615 e. The third kappa shape index (κ3) is 2.56. The molecule has 1 aromatic carbocycles. The maximum absolute atomic E-state index is 8.51. The van der Waals surface area contributed by atoms with Gasteiger partial charge in [0.25, 0.3) is 0 Å². The van der Waals surface area contributed by atoms with Crippen LogP contribution in [0.1, 0.15) is 11.1 Å². The van der Waals surface area contributed by atoms with Gasteiger partial charge in [0.05, 0.1) is 6.61 Å². The summed E-state index contributed by atoms with van der Waals surface area (Å²) in [6.07, 6.45) is 3.64. The SMILES string of the molecule is Cc1cccc(/C=C\CO)c1. The van der Waals surface area contributed by atoms with Gasteiger partial charge in [-0.1, -0.05) is 42.0 Å². The number of benzene rings is 1. The molecule has 58 valence electrons. The Morgan fingerprint density at radius 2 is 2.27 bits per heavy atom. The molecule has 0 heterocycles. The van der Waals surface area contributed by atoms with E-state index in [2.05, 4.69) is 19.1 Å². The third-order valence-corrected chi connectivity index (χ3v) is 1.46. The number of hydrogen-bond donors (Lipinski definition) is 1. The summed E-state index contributed by atoms with van der Waals surface area (Å²) in [5.41, 5.74) is 2.38. The van der Waals surface area contributed by atoms with E-state index < -0.39 is 0 Å². The van der Waals surface area contributed by atoms with Gasteiger partial charge >= 0.3 is 0 Å². The quantitative estimate of drug-likeness (QED) is 0.680. The predicted octanol–water partition coefficient (Wildman–Crippen LogP) is 2.00. The summed E-state index contributed by atoms with van der Waals surface area (Å²) in [6, 6.07) is 8.15. The third-order valence-electron chi connectivity index (χ3n) is 1.46. The molecule has 1 N–H and O–H groups in total. The Bertz CT molecular complexity index is 251. The molecule has 1 aromatic rings. The van der Waals surface area contributed by atoms with Crippen LogP contribution in [0.2, 0.25) is 0 Å². The molecule has 0 atom stereocenters. The topological polar surface area (TPSA) is 20.2 Å². The molecule has 1 rings (SSSR count). The van der Waals surface area contributed by atoms with Crippen molar-refractivity contribution in [1.82, 2.24) is 0 Å². The molecule has 0 saturated carbocycles. The molecule has 0 radical (unpaired) electrons. The maximum Gasteiger partial charge on any atom is 0.0615 e. The number of hydrogen-bond acceptors (Lipinski definition) is 1. The van der Waals surface area contributed by atoms with Gasteiger partial charge in [0.2, 0.25) is 0 Å². The molecular formula is C10H12O. The van der Waals surface area contributed by atoms with E-state index in [1.807, 2.05) is 18.2 Å². The molecule has 0 spiro atoms. The fraction of sp³-hybridized carbons (Fsp3) is 0.200. The van der Waals surface area contributed by atoms with Gasteiger partial charge in [-0.15, -0.1) is 0 Å². The lowest BCUT2D eigenvalue weighted by atomic mass is 10.1. The molecule has 0 aliphatic heterocycles. The summed E-state index contributed by atoms with van der Waals surface area (Å²) in [4.78, 5) is 0. The van der Waals surface area contributed by atoms with Gasteiger partial charge in [-0.05, 0) is 12.5 Å². The summed E-state index contributed by atoms with van der Waals surface area (Å²) < 4.78 is 0. The van der Waals surface area contributed by atoms with Crippen LogP contribution in [0.15, 0.2) is 30.3 Å². The Labute approximate surface area is 67.0 Å². The average Bonchev–Trinajstić information content (AvgIpc) is 2.01. The van der Waals surface area contributed by atoms with E-state index in [-0.39, 0.29) is 6.61 Å². The fourth-order valence-corrected chi connectivity index (χ4v) is 0.963. The molecule has 0 unspecified atom stereocenters. The van der Waals surface area contributed by atoms with Crippen molar-refractivity contribution in [3.8, 4) is 0 Å². The van der Waals surface area contributed by atoms with E-state index in [0.717, 1.165) is 5.56 Å². The van der Waals surface area contributed by atoms with Crippen molar-refractivity contribution in [2.45, 2.75) is 6.92 Å². The summed E-state index contributed by atoms with van der Waals surface area (Å²) in [5.74, 6) is 0. The van der Waals surface area contributed by atoms with Crippen LogP contribution in [0.25, 0.3) is 6.08 Å². The zero-order valence-electron chi connectivity index (χ0n) is 6.62. The van der Waals surface area contributed by atoms with Gasteiger partial charge in [0, 0.05) is 0 Å². The molecule has 0 bridgehead atoms. The Kier molecular flexibility index (Phi) is 2.87. The van der Waals surface area contributed by atoms with Crippen molar-refractivity contribution in [3.63, 3.8) is 0 Å². The highest BCUT2D eigenvalue weighted by Gasteiger charge is 1.85. The summed E-state index contributed by atoms with van der Waals surface area (Å²) in [7, 11) is 0. The van der Waals surface area contributed by atoms with Crippen LogP contribution in [-0.4, -0.2) is 11.7 Å². The van der Waals surface area contributed by atoms with Crippen LogP contribution in [0, 0.1) is 6.92 Å². The van der Waals surface area contributed by atoms with E-state index in [4.69, 9.17) is 5.11 Å². The lowest BCUT2D eigenvalue weighted by Gasteiger charge is -1.93. The van der Waals surface area contributed by atoms with Crippen molar-refractivity contribution in [2.75, 3.05) is 6.61 Å². The van der Waals surface area contributed by atoms with Crippen LogP contribution in [-0.2, 0) is 0 Å². The van der Waals surface area contributed by atoms with Crippen molar-refractivity contribution in [2.24, 2.45) is 0 Å². The van der Waals surface area contributed by atoms with Crippen LogP contribution in [0.5, 0.6) is 0 Å². The molecule has 0 aliphatic rings. The summed E-state index contributed by atoms with van der Waals surface area (Å²) in [5, 5.41) is 8.51. The van der Waals surface area contributed by atoms with Gasteiger partial charge in [-0.25, -0.2) is 0 Å². The fourth-order valence-electron chi connectivity index (χ4n) is 0.963. The van der Waals surface area contributed by atoms with Crippen LogP contribution >= 0.6 is 0 Å². The van der Waals surface area contributed by atoms with Gasteiger partial charge in [0.15, 0.2) is 0 Å². The van der Waals surface area contributed by atoms with Crippen LogP contribution in [0.3, 0.4) is 0 Å². The minimum Gasteiger partial charge on any atom is -0.392 e. The van der Waals surface area contributed by atoms with Gasteiger partial charge < -0.3 is 5.11 Å². The second-order valence-electron chi connectivity index (χ2n) is 2.50. The zero-order valence-corrected chi connectivity index (χ0v) is 6.62. The van der Waals surface area contributed by atoms with Crippen molar-refractivity contribution in [1.29, 1.82) is 0 Å². The van der Waals surface area contributed by atoms with Crippen molar-refractivity contribution >= 4 is 6.08 Å². The zero-order chi connectivity index (χ0) is 8.10. The summed E-state index contributed by atoms with van der Waals surface area (Å²) in [6.45, 7) is 2.16. The second-order valence-corrected chi connectivity index (χ2v) is 2.50. The first-order valence-electron chi connectivity index (χ1n) is 3.67. The second kappa shape index (κ2) is 3.94. The first kappa shape index (κ1) is 8.02. The highest BCUT2D eigenvalue weighted by molar-refractivity contribution is 5.50. The van der Waals surface area contributed by atoms with Gasteiger partial charge in [-0.2, -0.15) is 0 Å². The predicted molar refractivity (Wildman–Crippen MR) is 47.3 cm³/mol. The number of aliphatic hydroxyl groups excluding tert-OH is 1. The van der Waals surface area contributed by atoms with E-state index in [9.17, 15) is 0 Å².